The van der Waals surface area contributed by atoms with E-state index in [1.165, 1.54) is 44.5 Å². The predicted octanol–water partition coefficient (Wildman–Crippen LogP) is 6.99. The number of benzene rings is 4. The van der Waals surface area contributed by atoms with Gasteiger partial charge in [0.15, 0.2) is 0 Å². The van der Waals surface area contributed by atoms with Gasteiger partial charge >= 0.3 is 15.6 Å². The Kier molecular flexibility index (Phi) is 6.10. The third-order valence-corrected chi connectivity index (χ3v) is 6.03. The first-order chi connectivity index (χ1) is 15.7. The van der Waals surface area contributed by atoms with E-state index in [2.05, 4.69) is 97.1 Å². The highest BCUT2D eigenvalue weighted by atomic mass is 32.2. The molecule has 0 atom stereocenters. The van der Waals surface area contributed by atoms with Gasteiger partial charge in [-0.2, -0.15) is 21.6 Å². The molecule has 0 unspecified atom stereocenters. The van der Waals surface area contributed by atoms with Gasteiger partial charge in [0.25, 0.3) is 0 Å². The van der Waals surface area contributed by atoms with Crippen molar-refractivity contribution in [3.63, 3.8) is 0 Å². The first kappa shape index (κ1) is 22.8. The number of hydrogen-bond donors (Lipinski definition) is 1. The SMILES string of the molecule is O=S(=O)(O)C(F)(F)F.c1ccc(-c2ccccc2-c2cccc3c2Cc2ccccc2-3)cc1. The molecule has 0 saturated heterocycles. The Morgan fingerprint density at radius 2 is 1.06 bits per heavy atom. The van der Waals surface area contributed by atoms with Crippen molar-refractivity contribution >= 4 is 10.1 Å². The monoisotopic (exact) mass is 468 g/mol. The van der Waals surface area contributed by atoms with Gasteiger partial charge in [-0.3, -0.25) is 4.55 Å². The molecule has 0 fully saturated rings. The maximum absolute atomic E-state index is 10.7. The number of rotatable bonds is 2. The van der Waals surface area contributed by atoms with Crippen LogP contribution in [0, 0.1) is 0 Å². The minimum atomic E-state index is -5.84. The lowest BCUT2D eigenvalue weighted by Crippen LogP contribution is -2.21. The van der Waals surface area contributed by atoms with Crippen molar-refractivity contribution in [1.29, 1.82) is 0 Å². The molecule has 0 amide bonds. The molecule has 1 aliphatic carbocycles. The van der Waals surface area contributed by atoms with Crippen LogP contribution >= 0.6 is 0 Å². The molecule has 168 valence electrons. The molecule has 7 heteroatoms. The third kappa shape index (κ3) is 4.69. The predicted molar refractivity (Wildman–Crippen MR) is 123 cm³/mol. The summed E-state index contributed by atoms with van der Waals surface area (Å²) in [5, 5.41) is 0. The molecule has 4 aromatic carbocycles. The molecular weight excluding hydrogens is 449 g/mol. The highest BCUT2D eigenvalue weighted by Gasteiger charge is 2.44. The fourth-order valence-electron chi connectivity index (χ4n) is 4.00. The lowest BCUT2D eigenvalue weighted by atomic mass is 9.90. The van der Waals surface area contributed by atoms with Crippen molar-refractivity contribution in [3.8, 4) is 33.4 Å². The average Bonchev–Trinajstić information content (AvgIpc) is 3.18. The second kappa shape index (κ2) is 8.84. The van der Waals surface area contributed by atoms with Gasteiger partial charge < -0.3 is 0 Å². The lowest BCUT2D eigenvalue weighted by Gasteiger charge is -2.14. The Hall–Kier alpha value is -3.42. The van der Waals surface area contributed by atoms with Crippen molar-refractivity contribution in [1.82, 2.24) is 0 Å². The topological polar surface area (TPSA) is 54.4 Å². The van der Waals surface area contributed by atoms with Crippen molar-refractivity contribution in [2.45, 2.75) is 11.9 Å². The molecule has 0 aromatic heterocycles. The molecule has 33 heavy (non-hydrogen) atoms. The zero-order chi connectivity index (χ0) is 23.6. The van der Waals surface area contributed by atoms with E-state index < -0.39 is 15.6 Å². The van der Waals surface area contributed by atoms with E-state index in [1.54, 1.807) is 0 Å². The Labute approximate surface area is 189 Å². The number of alkyl halides is 3. The van der Waals surface area contributed by atoms with Gasteiger partial charge in [0.2, 0.25) is 0 Å². The van der Waals surface area contributed by atoms with Gasteiger partial charge in [-0.05, 0) is 50.9 Å². The van der Waals surface area contributed by atoms with Crippen LogP contribution < -0.4 is 0 Å². The van der Waals surface area contributed by atoms with Crippen LogP contribution in [-0.4, -0.2) is 18.5 Å². The van der Waals surface area contributed by atoms with E-state index in [1.807, 2.05) is 0 Å². The molecule has 1 aliphatic rings. The number of fused-ring (bicyclic) bond motifs is 3. The second-order valence-corrected chi connectivity index (χ2v) is 8.91. The smallest absolute Gasteiger partial charge is 0.279 e. The fraction of sp³-hybridized carbons (Fsp3) is 0.0769. The largest absolute Gasteiger partial charge is 0.522 e. The van der Waals surface area contributed by atoms with E-state index in [9.17, 15) is 13.2 Å². The van der Waals surface area contributed by atoms with Crippen molar-refractivity contribution in [2.24, 2.45) is 0 Å². The molecule has 4 aromatic rings. The van der Waals surface area contributed by atoms with E-state index in [4.69, 9.17) is 13.0 Å². The van der Waals surface area contributed by atoms with Gasteiger partial charge in [0, 0.05) is 0 Å². The summed E-state index contributed by atoms with van der Waals surface area (Å²) >= 11 is 0. The molecule has 0 spiro atoms. The van der Waals surface area contributed by atoms with Gasteiger partial charge in [-0.25, -0.2) is 0 Å². The Morgan fingerprint density at radius 1 is 0.606 bits per heavy atom. The first-order valence-corrected chi connectivity index (χ1v) is 11.5. The molecule has 5 rings (SSSR count). The number of halogens is 3. The second-order valence-electron chi connectivity index (χ2n) is 7.50. The minimum absolute atomic E-state index is 1.02. The lowest BCUT2D eigenvalue weighted by molar-refractivity contribution is -0.0510. The zero-order valence-corrected chi connectivity index (χ0v) is 18.1. The number of hydrogen-bond acceptors (Lipinski definition) is 2. The van der Waals surface area contributed by atoms with Crippen LogP contribution in [0.3, 0.4) is 0 Å². The molecule has 3 nitrogen and oxygen atoms in total. The molecule has 1 N–H and O–H groups in total. The van der Waals surface area contributed by atoms with Crippen LogP contribution in [-0.2, 0) is 16.5 Å². The zero-order valence-electron chi connectivity index (χ0n) is 17.3. The molecule has 0 saturated carbocycles. The van der Waals surface area contributed by atoms with Crippen LogP contribution in [0.4, 0.5) is 13.2 Å². The van der Waals surface area contributed by atoms with Gasteiger partial charge in [0.05, 0.1) is 0 Å². The van der Waals surface area contributed by atoms with E-state index in [-0.39, 0.29) is 0 Å². The van der Waals surface area contributed by atoms with Crippen molar-refractivity contribution in [3.05, 3.63) is 108 Å². The van der Waals surface area contributed by atoms with E-state index in [0.29, 0.717) is 0 Å². The van der Waals surface area contributed by atoms with Gasteiger partial charge in [-0.1, -0.05) is 97.1 Å². The highest BCUT2D eigenvalue weighted by Crippen LogP contribution is 2.43. The Morgan fingerprint density at radius 3 is 1.67 bits per heavy atom. The van der Waals surface area contributed by atoms with Crippen LogP contribution in [0.25, 0.3) is 33.4 Å². The van der Waals surface area contributed by atoms with Gasteiger partial charge in [0.1, 0.15) is 0 Å². The molecule has 0 heterocycles. The molecule has 0 bridgehead atoms. The summed E-state index contributed by atoms with van der Waals surface area (Å²) in [5.41, 5.74) is 5.36. The minimum Gasteiger partial charge on any atom is -0.279 e. The summed E-state index contributed by atoms with van der Waals surface area (Å²) < 4.78 is 57.5. The summed E-state index contributed by atoms with van der Waals surface area (Å²) in [7, 11) is -5.84. The van der Waals surface area contributed by atoms with Crippen LogP contribution in [0.15, 0.2) is 97.1 Å². The first-order valence-electron chi connectivity index (χ1n) is 10.1. The maximum Gasteiger partial charge on any atom is 0.522 e. The summed E-state index contributed by atoms with van der Waals surface area (Å²) in [6.07, 6.45) is 1.02. The summed E-state index contributed by atoms with van der Waals surface area (Å²) in [4.78, 5) is 0. The molecule has 0 aliphatic heterocycles. The Bertz CT molecular complexity index is 1400. The van der Waals surface area contributed by atoms with Gasteiger partial charge in [-0.15, -0.1) is 0 Å². The molecule has 0 radical (unpaired) electrons. The Balaban J connectivity index is 0.000000281. The quantitative estimate of drug-likeness (QED) is 0.224. The van der Waals surface area contributed by atoms with Crippen LogP contribution in [0.1, 0.15) is 11.1 Å². The normalized spacial score (nSPS) is 12.4. The van der Waals surface area contributed by atoms with Crippen molar-refractivity contribution < 1.29 is 26.1 Å². The average molecular weight is 468 g/mol. The van der Waals surface area contributed by atoms with Crippen LogP contribution in [0.2, 0.25) is 0 Å². The standard InChI is InChI=1S/C25H18.CHF3O3S/c1-2-9-18(10-3-1)20-12-6-7-14-22(20)24-16-8-15-23-21-13-5-4-11-19(21)17-25(23)24;2-1(3,4)8(5,6)7/h1-16H,17H2;(H,5,6,7). The highest BCUT2D eigenvalue weighted by molar-refractivity contribution is 7.86. The van der Waals surface area contributed by atoms with Crippen LogP contribution in [0.5, 0.6) is 0 Å². The molecular formula is C26H19F3O3S. The summed E-state index contributed by atoms with van der Waals surface area (Å²) in [5.74, 6) is 0. The summed E-state index contributed by atoms with van der Waals surface area (Å²) in [6, 6.07) is 34.9. The van der Waals surface area contributed by atoms with E-state index in [0.717, 1.165) is 6.42 Å². The maximum atomic E-state index is 10.7. The fourth-order valence-corrected chi connectivity index (χ4v) is 4.00. The van der Waals surface area contributed by atoms with Crippen molar-refractivity contribution in [2.75, 3.05) is 0 Å². The van der Waals surface area contributed by atoms with E-state index >= 15 is 0 Å². The summed E-state index contributed by atoms with van der Waals surface area (Å²) in [6.45, 7) is 0. The third-order valence-electron chi connectivity index (χ3n) is 5.45.